The van der Waals surface area contributed by atoms with Crippen LogP contribution in [0.4, 0.5) is 0 Å². The molecular formula is C68H138N2O8Si2. The maximum Gasteiger partial charge on any atom is 0.348 e. The van der Waals surface area contributed by atoms with Gasteiger partial charge >= 0.3 is 11.9 Å². The van der Waals surface area contributed by atoms with Crippen molar-refractivity contribution in [1.29, 1.82) is 0 Å². The minimum absolute atomic E-state index is 0.176. The normalized spacial score (nSPS) is 17.7. The van der Waals surface area contributed by atoms with Crippen molar-refractivity contribution >= 4 is 28.6 Å². The molecule has 0 bridgehead atoms. The van der Waals surface area contributed by atoms with Crippen LogP contribution in [-0.2, 0) is 27.9 Å². The Labute approximate surface area is 499 Å². The molecule has 1 heterocycles. The van der Waals surface area contributed by atoms with Gasteiger partial charge in [-0.15, -0.1) is 0 Å². The molecule has 1 saturated heterocycles. The number of nitrogens with zero attached hydrogens (tertiary/aromatic N) is 2. The van der Waals surface area contributed by atoms with Gasteiger partial charge in [-0.1, -0.05) is 247 Å². The van der Waals surface area contributed by atoms with Crippen LogP contribution in [0.2, 0.25) is 39.3 Å². The lowest BCUT2D eigenvalue weighted by molar-refractivity contribution is -0.202. The van der Waals surface area contributed by atoms with Gasteiger partial charge in [0.25, 0.3) is 0 Å². The van der Waals surface area contributed by atoms with Crippen LogP contribution >= 0.6 is 0 Å². The minimum atomic E-state index is -1.82. The van der Waals surface area contributed by atoms with Crippen LogP contribution in [0.5, 0.6) is 0 Å². The van der Waals surface area contributed by atoms with Crippen molar-refractivity contribution in [2.75, 3.05) is 39.3 Å². The first kappa shape index (κ1) is 77.1. The summed E-state index contributed by atoms with van der Waals surface area (Å²) >= 11 is 0. The third-order valence-electron chi connectivity index (χ3n) is 16.7. The third kappa shape index (κ3) is 43.7. The number of esters is 2. The van der Waals surface area contributed by atoms with E-state index in [9.17, 15) is 19.8 Å². The van der Waals surface area contributed by atoms with Gasteiger partial charge in [-0.3, -0.25) is 9.80 Å². The van der Waals surface area contributed by atoms with Gasteiger partial charge in [-0.25, -0.2) is 9.59 Å². The lowest BCUT2D eigenvalue weighted by Gasteiger charge is -2.36. The number of cyclic esters (lactones) is 2. The smallest absolute Gasteiger partial charge is 0.348 e. The first-order valence-electron chi connectivity index (χ1n) is 34.9. The quantitative estimate of drug-likeness (QED) is 0.0346. The Morgan fingerprint density at radius 2 is 0.625 bits per heavy atom. The number of aliphatic hydroxyl groups excluding tert-OH is 2. The molecule has 80 heavy (non-hydrogen) atoms. The van der Waals surface area contributed by atoms with Crippen LogP contribution in [0.15, 0.2) is 0 Å². The topological polar surface area (TPSA) is 118 Å². The summed E-state index contributed by atoms with van der Waals surface area (Å²) in [7, 11) is -3.63. The minimum Gasteiger partial charge on any atom is -0.447 e. The van der Waals surface area contributed by atoms with Crippen molar-refractivity contribution < 1.29 is 38.1 Å². The average molecular weight is 1170 g/mol. The van der Waals surface area contributed by atoms with Gasteiger partial charge in [0.2, 0.25) is 12.2 Å². The van der Waals surface area contributed by atoms with Crippen LogP contribution in [-0.4, -0.2) is 124 Å². The molecule has 0 saturated carbocycles. The molecule has 2 N–H and O–H groups in total. The SMILES string of the molecule is CCCCCCCCCCC(O)CN(CCCC(C)C1OC(=O)C(C(C)CCCN(CC(CCCCCCCCCC)O[Si](C)(C)C)CC(CCCCCCCCCC)O[Si](C)(C)C)OC1=O)CC(O)CCCCCCCCCC. The molecule has 1 aliphatic heterocycles. The average Bonchev–Trinajstić information content (AvgIpc) is 3.38. The first-order chi connectivity index (χ1) is 38.3. The molecule has 0 aromatic rings. The van der Waals surface area contributed by atoms with Crippen molar-refractivity contribution in [3.63, 3.8) is 0 Å². The highest BCUT2D eigenvalue weighted by molar-refractivity contribution is 6.70. The van der Waals surface area contributed by atoms with E-state index >= 15 is 0 Å². The molecule has 476 valence electrons. The van der Waals surface area contributed by atoms with Gasteiger partial charge in [-0.2, -0.15) is 0 Å². The van der Waals surface area contributed by atoms with Crippen molar-refractivity contribution in [2.24, 2.45) is 11.8 Å². The molecule has 1 fully saturated rings. The lowest BCUT2D eigenvalue weighted by atomic mass is 9.94. The molecule has 0 aliphatic carbocycles. The fourth-order valence-corrected chi connectivity index (χ4v) is 14.4. The number of unbranched alkanes of at least 4 members (excludes halogenated alkanes) is 28. The van der Waals surface area contributed by atoms with E-state index in [1.54, 1.807) is 0 Å². The molecule has 0 amide bonds. The third-order valence-corrected chi connectivity index (χ3v) is 18.8. The summed E-state index contributed by atoms with van der Waals surface area (Å²) in [6.45, 7) is 31.4. The molecule has 1 aliphatic rings. The van der Waals surface area contributed by atoms with E-state index in [2.05, 4.69) is 76.8 Å². The van der Waals surface area contributed by atoms with Crippen LogP contribution in [0.1, 0.15) is 298 Å². The number of carbonyl (C=O) groups excluding carboxylic acids is 2. The molecule has 0 aromatic carbocycles. The van der Waals surface area contributed by atoms with Gasteiger partial charge in [0, 0.05) is 38.0 Å². The van der Waals surface area contributed by atoms with E-state index in [1.807, 2.05) is 13.8 Å². The molecule has 12 heteroatoms. The number of aliphatic hydroxyl groups is 2. The van der Waals surface area contributed by atoms with E-state index in [4.69, 9.17) is 18.3 Å². The number of carbonyl (C=O) groups is 2. The van der Waals surface area contributed by atoms with Crippen LogP contribution in [0, 0.1) is 11.8 Å². The van der Waals surface area contributed by atoms with E-state index in [0.717, 1.165) is 90.3 Å². The Morgan fingerprint density at radius 3 is 0.900 bits per heavy atom. The van der Waals surface area contributed by atoms with Gasteiger partial charge in [0.05, 0.1) is 24.4 Å². The summed E-state index contributed by atoms with van der Waals surface area (Å²) in [5, 5.41) is 22.4. The maximum absolute atomic E-state index is 13.8. The van der Waals surface area contributed by atoms with Crippen molar-refractivity contribution in [3.05, 3.63) is 0 Å². The zero-order valence-electron chi connectivity index (χ0n) is 55.4. The molecule has 1 rings (SSSR count). The Morgan fingerprint density at radius 1 is 0.375 bits per heavy atom. The Balaban J connectivity index is 3.00. The fourth-order valence-electron chi connectivity index (χ4n) is 12.0. The summed E-state index contributed by atoms with van der Waals surface area (Å²) < 4.78 is 26.0. The maximum atomic E-state index is 13.8. The van der Waals surface area contributed by atoms with E-state index < -0.39 is 53.0 Å². The zero-order chi connectivity index (χ0) is 59.3. The summed E-state index contributed by atoms with van der Waals surface area (Å²) in [6, 6.07) is 0. The van der Waals surface area contributed by atoms with Crippen LogP contribution < -0.4 is 0 Å². The predicted molar refractivity (Wildman–Crippen MR) is 347 cm³/mol. The van der Waals surface area contributed by atoms with Crippen LogP contribution in [0.3, 0.4) is 0 Å². The highest BCUT2D eigenvalue weighted by Crippen LogP contribution is 2.28. The van der Waals surface area contributed by atoms with Crippen LogP contribution in [0.25, 0.3) is 0 Å². The molecule has 8 unspecified atom stereocenters. The second-order valence-electron chi connectivity index (χ2n) is 27.5. The molecule has 8 atom stereocenters. The van der Waals surface area contributed by atoms with Gasteiger partial charge in [0.15, 0.2) is 16.6 Å². The number of hydrogen-bond acceptors (Lipinski definition) is 10. The summed E-state index contributed by atoms with van der Waals surface area (Å²) in [6.07, 6.45) is 45.1. The number of ether oxygens (including phenoxy) is 2. The molecule has 0 spiro atoms. The van der Waals surface area contributed by atoms with E-state index in [0.29, 0.717) is 26.1 Å². The predicted octanol–water partition coefficient (Wildman–Crippen LogP) is 18.5. The van der Waals surface area contributed by atoms with Crippen molar-refractivity contribution in [3.8, 4) is 0 Å². The van der Waals surface area contributed by atoms with Crippen molar-refractivity contribution in [2.45, 2.75) is 374 Å². The van der Waals surface area contributed by atoms with E-state index in [-0.39, 0.29) is 24.0 Å². The highest BCUT2D eigenvalue weighted by atomic mass is 28.4. The fraction of sp³-hybridized carbons (Fsp3) is 0.971. The van der Waals surface area contributed by atoms with Gasteiger partial charge in [-0.05, 0) is 104 Å². The number of rotatable bonds is 58. The Bertz CT molecular complexity index is 1360. The first-order valence-corrected chi connectivity index (χ1v) is 41.7. The number of hydrogen-bond donors (Lipinski definition) is 2. The standard InChI is InChI=1S/C68H138N2O8Si2/c1-13-17-21-25-29-33-37-41-49-61(71)55-69(56-62(72)50-42-38-34-30-26-22-18-14-2)53-45-47-59(5)65-67(73)76-66(68(74)75-65)60(6)48-46-54-70(57-63(77-79(7,8)9)51-43-39-35-31-27-23-19-15-3)58-64(78-80(10,11)12)52-44-40-36-32-28-24-20-16-4/h59-66,71-72H,13-58H2,1-12H3. The molecule has 0 radical (unpaired) electrons. The monoisotopic (exact) mass is 1170 g/mol. The molecular weight excluding hydrogens is 1030 g/mol. The molecule has 0 aromatic heterocycles. The second-order valence-corrected chi connectivity index (χ2v) is 36.5. The highest BCUT2D eigenvalue weighted by Gasteiger charge is 2.43. The zero-order valence-corrected chi connectivity index (χ0v) is 57.4. The summed E-state index contributed by atoms with van der Waals surface area (Å²) in [5.74, 6) is -1.25. The Hall–Kier alpha value is -0.866. The van der Waals surface area contributed by atoms with Gasteiger partial charge < -0.3 is 28.5 Å². The molecule has 10 nitrogen and oxygen atoms in total. The Kier molecular flexibility index (Phi) is 47.5. The second kappa shape index (κ2) is 49.3. The lowest BCUT2D eigenvalue weighted by Crippen LogP contribution is -2.49. The van der Waals surface area contributed by atoms with Gasteiger partial charge in [0.1, 0.15) is 0 Å². The summed E-state index contributed by atoms with van der Waals surface area (Å²) in [5.41, 5.74) is 0. The largest absolute Gasteiger partial charge is 0.447 e. The summed E-state index contributed by atoms with van der Waals surface area (Å²) in [4.78, 5) is 32.4. The van der Waals surface area contributed by atoms with Crippen molar-refractivity contribution in [1.82, 2.24) is 9.80 Å². The van der Waals surface area contributed by atoms with E-state index in [1.165, 1.54) is 180 Å².